The van der Waals surface area contributed by atoms with Gasteiger partial charge in [0, 0.05) is 19.3 Å². The molecule has 0 saturated carbocycles. The van der Waals surface area contributed by atoms with Crippen molar-refractivity contribution in [3.05, 3.63) is 28.0 Å². The predicted octanol–water partition coefficient (Wildman–Crippen LogP) is 2.85. The highest BCUT2D eigenvalue weighted by atomic mass is 35.5. The van der Waals surface area contributed by atoms with Gasteiger partial charge in [0.15, 0.2) is 0 Å². The first-order valence-electron chi connectivity index (χ1n) is 6.40. The molecule has 6 heteroatoms. The van der Waals surface area contributed by atoms with Crippen molar-refractivity contribution in [2.45, 2.75) is 20.3 Å². The summed E-state index contributed by atoms with van der Waals surface area (Å²) in [6.07, 6.45) is 2.53. The van der Waals surface area contributed by atoms with Crippen molar-refractivity contribution in [1.29, 1.82) is 0 Å². The molecule has 0 saturated heterocycles. The van der Waals surface area contributed by atoms with Crippen LogP contribution in [0.1, 0.15) is 30.6 Å². The average molecular weight is 304 g/mol. The molecule has 4 nitrogen and oxygen atoms in total. The van der Waals surface area contributed by atoms with Crippen molar-refractivity contribution in [3.63, 3.8) is 0 Å². The summed E-state index contributed by atoms with van der Waals surface area (Å²) >= 11 is 11.5. The van der Waals surface area contributed by atoms with Gasteiger partial charge in [-0.2, -0.15) is 0 Å². The van der Waals surface area contributed by atoms with Gasteiger partial charge in [0.05, 0.1) is 10.6 Å². The highest BCUT2D eigenvalue weighted by Crippen LogP contribution is 2.19. The van der Waals surface area contributed by atoms with Gasteiger partial charge >= 0.3 is 0 Å². The lowest BCUT2D eigenvalue weighted by molar-refractivity contribution is 0.0948. The van der Waals surface area contributed by atoms with Gasteiger partial charge in [0.2, 0.25) is 0 Å². The summed E-state index contributed by atoms with van der Waals surface area (Å²) in [6.45, 7) is 7.72. The first-order valence-corrected chi connectivity index (χ1v) is 7.15. The van der Waals surface area contributed by atoms with E-state index in [0.717, 1.165) is 26.1 Å². The molecule has 0 aromatic carbocycles. The summed E-state index contributed by atoms with van der Waals surface area (Å²) in [5.41, 5.74) is 0.424. The molecular weight excluding hydrogens is 285 g/mol. The lowest BCUT2D eigenvalue weighted by atomic mass is 10.2. The Balaban J connectivity index is 2.44. The number of nitrogens with one attached hydrogen (secondary N) is 1. The van der Waals surface area contributed by atoms with Crippen LogP contribution in [-0.2, 0) is 0 Å². The van der Waals surface area contributed by atoms with Gasteiger partial charge in [-0.3, -0.25) is 4.79 Å². The summed E-state index contributed by atoms with van der Waals surface area (Å²) < 4.78 is 0. The van der Waals surface area contributed by atoms with Crippen LogP contribution in [0.15, 0.2) is 12.3 Å². The van der Waals surface area contributed by atoms with Gasteiger partial charge in [-0.15, -0.1) is 0 Å². The minimum absolute atomic E-state index is 0.182. The van der Waals surface area contributed by atoms with E-state index in [0.29, 0.717) is 12.1 Å². The summed E-state index contributed by atoms with van der Waals surface area (Å²) in [4.78, 5) is 18.0. The summed E-state index contributed by atoms with van der Waals surface area (Å²) in [6, 6.07) is 1.52. The van der Waals surface area contributed by atoms with Crippen molar-refractivity contribution < 1.29 is 4.79 Å². The van der Waals surface area contributed by atoms with Gasteiger partial charge in [0.1, 0.15) is 5.15 Å². The average Bonchev–Trinajstić information content (AvgIpc) is 2.40. The van der Waals surface area contributed by atoms with E-state index in [9.17, 15) is 4.79 Å². The van der Waals surface area contributed by atoms with E-state index in [1.165, 1.54) is 12.3 Å². The molecule has 19 heavy (non-hydrogen) atoms. The maximum atomic E-state index is 11.9. The van der Waals surface area contributed by atoms with Crippen LogP contribution >= 0.6 is 23.2 Å². The smallest absolute Gasteiger partial charge is 0.252 e. The Kier molecular flexibility index (Phi) is 7.13. The molecule has 1 aromatic rings. The molecule has 1 N–H and O–H groups in total. The molecule has 0 fully saturated rings. The zero-order valence-corrected chi connectivity index (χ0v) is 12.8. The van der Waals surface area contributed by atoms with E-state index < -0.39 is 0 Å². The zero-order chi connectivity index (χ0) is 14.3. The lowest BCUT2D eigenvalue weighted by Crippen LogP contribution is -2.35. The number of hydrogen-bond donors (Lipinski definition) is 1. The summed E-state index contributed by atoms with van der Waals surface area (Å²) in [7, 11) is 0. The van der Waals surface area contributed by atoms with Crippen molar-refractivity contribution >= 4 is 29.1 Å². The van der Waals surface area contributed by atoms with Gasteiger partial charge in [-0.1, -0.05) is 37.0 Å². The Morgan fingerprint density at radius 1 is 1.37 bits per heavy atom. The van der Waals surface area contributed by atoms with E-state index in [1.54, 1.807) is 0 Å². The second-order valence-corrected chi connectivity index (χ2v) is 4.95. The first-order chi connectivity index (χ1) is 9.08. The van der Waals surface area contributed by atoms with Crippen LogP contribution in [-0.4, -0.2) is 42.0 Å². The number of hydrogen-bond acceptors (Lipinski definition) is 3. The Hall–Kier alpha value is -0.840. The number of likely N-dealkylation sites (N-methyl/N-ethyl adjacent to an activating group) is 1. The normalized spacial score (nSPS) is 10.8. The Morgan fingerprint density at radius 2 is 2.11 bits per heavy atom. The number of halogens is 2. The summed E-state index contributed by atoms with van der Waals surface area (Å²) in [5, 5.41) is 3.34. The molecular formula is C13H19Cl2N3O. The number of amides is 1. The van der Waals surface area contributed by atoms with E-state index >= 15 is 0 Å². The number of carbonyl (C=O) groups excluding carboxylic acids is 1. The number of aromatic nitrogens is 1. The molecule has 106 valence electrons. The molecule has 0 bridgehead atoms. The maximum absolute atomic E-state index is 11.9. The van der Waals surface area contributed by atoms with Crippen LogP contribution in [0, 0.1) is 0 Å². The number of rotatable bonds is 7. The fourth-order valence-electron chi connectivity index (χ4n) is 1.72. The van der Waals surface area contributed by atoms with Crippen molar-refractivity contribution in [2.75, 3.05) is 26.2 Å². The van der Waals surface area contributed by atoms with E-state index in [2.05, 4.69) is 29.0 Å². The van der Waals surface area contributed by atoms with E-state index in [1.807, 2.05) is 0 Å². The van der Waals surface area contributed by atoms with Crippen molar-refractivity contribution in [3.8, 4) is 0 Å². The predicted molar refractivity (Wildman–Crippen MR) is 79.0 cm³/mol. The van der Waals surface area contributed by atoms with Crippen molar-refractivity contribution in [2.24, 2.45) is 0 Å². The van der Waals surface area contributed by atoms with Crippen LogP contribution in [0.2, 0.25) is 10.2 Å². The quantitative estimate of drug-likeness (QED) is 0.788. The molecule has 1 rings (SSSR count). The van der Waals surface area contributed by atoms with Crippen LogP contribution < -0.4 is 5.32 Å². The third kappa shape index (κ3) is 5.35. The number of nitrogens with zero attached hydrogens (tertiary/aromatic N) is 2. The number of carbonyl (C=O) groups is 1. The largest absolute Gasteiger partial charge is 0.351 e. The molecule has 0 aliphatic heterocycles. The van der Waals surface area contributed by atoms with Crippen molar-refractivity contribution in [1.82, 2.24) is 15.2 Å². The van der Waals surface area contributed by atoms with Gasteiger partial charge < -0.3 is 10.2 Å². The lowest BCUT2D eigenvalue weighted by Gasteiger charge is -2.19. The van der Waals surface area contributed by atoms with Crippen LogP contribution in [0.4, 0.5) is 0 Å². The highest BCUT2D eigenvalue weighted by molar-refractivity contribution is 6.41. The highest BCUT2D eigenvalue weighted by Gasteiger charge is 2.09. The Labute approximate surface area is 124 Å². The molecule has 0 atom stereocenters. The minimum Gasteiger partial charge on any atom is -0.351 e. The second-order valence-electron chi connectivity index (χ2n) is 4.19. The Bertz CT molecular complexity index is 426. The monoisotopic (exact) mass is 303 g/mol. The topological polar surface area (TPSA) is 45.2 Å². The fourth-order valence-corrected chi connectivity index (χ4v) is 1.99. The molecule has 0 spiro atoms. The Morgan fingerprint density at radius 3 is 2.68 bits per heavy atom. The van der Waals surface area contributed by atoms with Crippen LogP contribution in [0.3, 0.4) is 0 Å². The second kappa shape index (κ2) is 8.35. The van der Waals surface area contributed by atoms with Gasteiger partial charge in [-0.05, 0) is 25.6 Å². The molecule has 1 amide bonds. The minimum atomic E-state index is -0.182. The van der Waals surface area contributed by atoms with E-state index in [-0.39, 0.29) is 16.1 Å². The molecule has 1 aromatic heterocycles. The third-order valence-electron chi connectivity index (χ3n) is 2.76. The van der Waals surface area contributed by atoms with Crippen LogP contribution in [0.5, 0.6) is 0 Å². The molecule has 0 aliphatic carbocycles. The van der Waals surface area contributed by atoms with Gasteiger partial charge in [-0.25, -0.2) is 4.98 Å². The standard InChI is InChI=1S/C13H19Cl2N3O/c1-3-6-18(4-2)7-5-16-13(19)10-8-11(14)12(15)17-9-10/h8-9H,3-7H2,1-2H3,(H,16,19). The SMILES string of the molecule is CCCN(CC)CCNC(=O)c1cnc(Cl)c(Cl)c1. The molecule has 0 aliphatic rings. The third-order valence-corrected chi connectivity index (χ3v) is 3.45. The van der Waals surface area contributed by atoms with Gasteiger partial charge in [0.25, 0.3) is 5.91 Å². The molecule has 1 heterocycles. The summed E-state index contributed by atoms with van der Waals surface area (Å²) in [5.74, 6) is -0.182. The van der Waals surface area contributed by atoms with E-state index in [4.69, 9.17) is 23.2 Å². The fraction of sp³-hybridized carbons (Fsp3) is 0.538. The first kappa shape index (κ1) is 16.2. The maximum Gasteiger partial charge on any atom is 0.252 e. The molecule has 0 unspecified atom stereocenters. The van der Waals surface area contributed by atoms with Crippen LogP contribution in [0.25, 0.3) is 0 Å². The molecule has 0 radical (unpaired) electrons. The number of pyridine rings is 1. The zero-order valence-electron chi connectivity index (χ0n) is 11.2.